The van der Waals surface area contributed by atoms with E-state index in [1.54, 1.807) is 30.7 Å². The fraction of sp³-hybridized carbons (Fsp3) is 0.321. The lowest BCUT2D eigenvalue weighted by molar-refractivity contribution is -0.138. The summed E-state index contributed by atoms with van der Waals surface area (Å²) in [5.41, 5.74) is 2.79. The molecule has 0 unspecified atom stereocenters. The highest BCUT2D eigenvalue weighted by Crippen LogP contribution is 2.35. The van der Waals surface area contributed by atoms with E-state index < -0.39 is 17.8 Å². The smallest absolute Gasteiger partial charge is 0.308 e. The van der Waals surface area contributed by atoms with Gasteiger partial charge in [0.2, 0.25) is 0 Å². The average molecular weight is 538 g/mol. The molecule has 2 N–H and O–H groups in total. The van der Waals surface area contributed by atoms with E-state index in [9.17, 15) is 18.0 Å². The number of rotatable bonds is 6. The minimum atomic E-state index is -4.53. The lowest BCUT2D eigenvalue weighted by Crippen LogP contribution is -2.44. The van der Waals surface area contributed by atoms with Crippen molar-refractivity contribution < 1.29 is 18.0 Å². The van der Waals surface area contributed by atoms with Crippen molar-refractivity contribution in [1.29, 1.82) is 0 Å². The first-order chi connectivity index (χ1) is 18.7. The first-order valence-electron chi connectivity index (χ1n) is 12.8. The maximum atomic E-state index is 13.9. The van der Waals surface area contributed by atoms with Crippen LogP contribution in [0.15, 0.2) is 61.1 Å². The minimum Gasteiger partial charge on any atom is -0.308 e. The first kappa shape index (κ1) is 26.6. The van der Waals surface area contributed by atoms with Gasteiger partial charge < -0.3 is 15.5 Å². The van der Waals surface area contributed by atoms with Crippen LogP contribution < -0.4 is 10.6 Å². The molecule has 0 saturated carbocycles. The quantitative estimate of drug-likeness (QED) is 0.338. The van der Waals surface area contributed by atoms with Gasteiger partial charge >= 0.3 is 12.2 Å². The van der Waals surface area contributed by atoms with Crippen molar-refractivity contribution in [2.75, 3.05) is 43.9 Å². The number of alkyl halides is 3. The number of nitrogens with zero attached hydrogens (tertiary/aromatic N) is 5. The Morgan fingerprint density at radius 3 is 2.33 bits per heavy atom. The third-order valence-corrected chi connectivity index (χ3v) is 6.99. The SMILES string of the molecule is CCn1ncc2c(-c3ccc(NC(=O)Nc4ccc(CN5CCN(C)CC5)c(C(F)(F)F)c4)cc3)cncc21. The van der Waals surface area contributed by atoms with Crippen molar-refractivity contribution in [3.8, 4) is 11.1 Å². The second-order valence-electron chi connectivity index (χ2n) is 9.69. The van der Waals surface area contributed by atoms with Gasteiger partial charge in [-0.05, 0) is 49.4 Å². The molecule has 4 aromatic rings. The Kier molecular flexibility index (Phi) is 7.53. The molecule has 5 rings (SSSR count). The summed E-state index contributed by atoms with van der Waals surface area (Å²) in [6.07, 6.45) is 0.821. The molecule has 3 heterocycles. The fourth-order valence-electron chi connectivity index (χ4n) is 4.80. The number of anilines is 2. The lowest BCUT2D eigenvalue weighted by Gasteiger charge is -2.33. The zero-order valence-electron chi connectivity index (χ0n) is 21.8. The van der Waals surface area contributed by atoms with Crippen LogP contribution in [0.2, 0.25) is 0 Å². The molecule has 1 aliphatic heterocycles. The lowest BCUT2D eigenvalue weighted by atomic mass is 10.0. The summed E-state index contributed by atoms with van der Waals surface area (Å²) < 4.78 is 43.5. The maximum absolute atomic E-state index is 13.9. The number of fused-ring (bicyclic) bond motifs is 1. The van der Waals surface area contributed by atoms with Crippen molar-refractivity contribution in [3.63, 3.8) is 0 Å². The number of likely N-dealkylation sites (N-methyl/N-ethyl adjacent to an activating group) is 1. The summed E-state index contributed by atoms with van der Waals surface area (Å²) in [5, 5.41) is 10.6. The highest BCUT2D eigenvalue weighted by molar-refractivity contribution is 6.00. The van der Waals surface area contributed by atoms with Gasteiger partial charge in [0.1, 0.15) is 0 Å². The van der Waals surface area contributed by atoms with Crippen molar-refractivity contribution in [2.45, 2.75) is 26.2 Å². The zero-order chi connectivity index (χ0) is 27.6. The topological polar surface area (TPSA) is 78.3 Å². The van der Waals surface area contributed by atoms with Crippen LogP contribution in [0.25, 0.3) is 22.0 Å². The van der Waals surface area contributed by atoms with Gasteiger partial charge in [-0.1, -0.05) is 18.2 Å². The molecule has 1 fully saturated rings. The number of aromatic nitrogens is 3. The summed E-state index contributed by atoms with van der Waals surface area (Å²) in [5.74, 6) is 0. The number of benzene rings is 2. The van der Waals surface area contributed by atoms with E-state index in [4.69, 9.17) is 0 Å². The highest BCUT2D eigenvalue weighted by atomic mass is 19.4. The van der Waals surface area contributed by atoms with Crippen LogP contribution in [0.3, 0.4) is 0 Å². The second kappa shape index (κ2) is 11.0. The van der Waals surface area contributed by atoms with Gasteiger partial charge in [-0.3, -0.25) is 14.6 Å². The van der Waals surface area contributed by atoms with Gasteiger partial charge in [-0.2, -0.15) is 18.3 Å². The maximum Gasteiger partial charge on any atom is 0.416 e. The largest absolute Gasteiger partial charge is 0.416 e. The van der Waals surface area contributed by atoms with Crippen LogP contribution in [0, 0.1) is 0 Å². The third-order valence-electron chi connectivity index (χ3n) is 6.99. The predicted molar refractivity (Wildman–Crippen MR) is 145 cm³/mol. The molecule has 2 amide bonds. The van der Waals surface area contributed by atoms with Gasteiger partial charge in [0, 0.05) is 67.8 Å². The Hall–Kier alpha value is -3.96. The number of piperazine rings is 1. The molecule has 0 aliphatic carbocycles. The van der Waals surface area contributed by atoms with Gasteiger partial charge in [-0.25, -0.2) is 4.79 Å². The van der Waals surface area contributed by atoms with E-state index in [-0.39, 0.29) is 17.8 Å². The molecule has 1 aliphatic rings. The Bertz CT molecular complexity index is 1460. The Labute approximate surface area is 224 Å². The van der Waals surface area contributed by atoms with E-state index in [1.807, 2.05) is 35.7 Å². The third kappa shape index (κ3) is 6.04. The fourth-order valence-corrected chi connectivity index (χ4v) is 4.80. The number of pyridine rings is 1. The highest BCUT2D eigenvalue weighted by Gasteiger charge is 2.34. The summed E-state index contributed by atoms with van der Waals surface area (Å²) in [6.45, 7) is 6.01. The monoisotopic (exact) mass is 537 g/mol. The molecular formula is C28H30F3N7O. The van der Waals surface area contributed by atoms with Gasteiger partial charge in [0.15, 0.2) is 0 Å². The van der Waals surface area contributed by atoms with Crippen LogP contribution in [-0.4, -0.2) is 63.8 Å². The number of carbonyl (C=O) groups excluding carboxylic acids is 1. The normalized spacial score (nSPS) is 15.0. The number of hydrogen-bond donors (Lipinski definition) is 2. The Balaban J connectivity index is 1.26. The van der Waals surface area contributed by atoms with E-state index in [1.165, 1.54) is 12.1 Å². The predicted octanol–water partition coefficient (Wildman–Crippen LogP) is 5.53. The van der Waals surface area contributed by atoms with E-state index in [0.717, 1.165) is 47.7 Å². The number of amides is 2. The zero-order valence-corrected chi connectivity index (χ0v) is 21.8. The number of halogens is 3. The Morgan fingerprint density at radius 2 is 1.64 bits per heavy atom. The van der Waals surface area contributed by atoms with Crippen LogP contribution in [0.5, 0.6) is 0 Å². The molecule has 0 spiro atoms. The van der Waals surface area contributed by atoms with Crippen LogP contribution in [-0.2, 0) is 19.3 Å². The van der Waals surface area contributed by atoms with Crippen molar-refractivity contribution in [1.82, 2.24) is 24.6 Å². The molecule has 204 valence electrons. The molecule has 0 atom stereocenters. The minimum absolute atomic E-state index is 0.0734. The number of hydrogen-bond acceptors (Lipinski definition) is 5. The van der Waals surface area contributed by atoms with E-state index in [2.05, 4.69) is 25.6 Å². The second-order valence-corrected chi connectivity index (χ2v) is 9.69. The van der Waals surface area contributed by atoms with Crippen LogP contribution in [0.4, 0.5) is 29.3 Å². The molecule has 2 aromatic heterocycles. The summed E-state index contributed by atoms with van der Waals surface area (Å²) in [4.78, 5) is 21.1. The summed E-state index contributed by atoms with van der Waals surface area (Å²) in [7, 11) is 2.00. The van der Waals surface area contributed by atoms with Crippen LogP contribution in [0.1, 0.15) is 18.1 Å². The van der Waals surface area contributed by atoms with Crippen molar-refractivity contribution >= 4 is 28.3 Å². The van der Waals surface area contributed by atoms with Gasteiger partial charge in [0.25, 0.3) is 0 Å². The Morgan fingerprint density at radius 1 is 0.949 bits per heavy atom. The van der Waals surface area contributed by atoms with E-state index in [0.29, 0.717) is 18.8 Å². The molecule has 8 nitrogen and oxygen atoms in total. The van der Waals surface area contributed by atoms with Crippen molar-refractivity contribution in [3.05, 3.63) is 72.2 Å². The molecular weight excluding hydrogens is 507 g/mol. The first-order valence-corrected chi connectivity index (χ1v) is 12.8. The molecule has 1 saturated heterocycles. The number of nitrogens with one attached hydrogen (secondary N) is 2. The molecule has 0 radical (unpaired) electrons. The molecule has 0 bridgehead atoms. The summed E-state index contributed by atoms with van der Waals surface area (Å²) >= 11 is 0. The average Bonchev–Trinajstić information content (AvgIpc) is 3.34. The van der Waals surface area contributed by atoms with Crippen molar-refractivity contribution in [2.24, 2.45) is 0 Å². The van der Waals surface area contributed by atoms with Gasteiger partial charge in [-0.15, -0.1) is 0 Å². The number of aryl methyl sites for hydroxylation is 1. The molecule has 39 heavy (non-hydrogen) atoms. The standard InChI is InChI=1S/C28H30F3N7O/c1-3-38-26-17-32-15-23(24(26)16-33-38)19-4-7-21(8-5-19)34-27(39)35-22-9-6-20(25(14-22)28(29,30)31)18-37-12-10-36(2)11-13-37/h4-9,14-17H,3,10-13,18H2,1-2H3,(H2,34,35,39). The summed E-state index contributed by atoms with van der Waals surface area (Å²) in [6, 6.07) is 10.5. The van der Waals surface area contributed by atoms with Crippen LogP contribution >= 0.6 is 0 Å². The number of urea groups is 1. The molecule has 11 heteroatoms. The number of carbonyl (C=O) groups is 1. The van der Waals surface area contributed by atoms with Gasteiger partial charge in [0.05, 0.1) is 23.5 Å². The van der Waals surface area contributed by atoms with E-state index >= 15 is 0 Å². The molecule has 2 aromatic carbocycles.